The zero-order valence-corrected chi connectivity index (χ0v) is 17.4. The molecule has 7 nitrogen and oxygen atoms in total. The Morgan fingerprint density at radius 2 is 2.03 bits per heavy atom. The van der Waals surface area contributed by atoms with Gasteiger partial charge in [0.25, 0.3) is 5.91 Å². The quantitative estimate of drug-likeness (QED) is 0.289. The Bertz CT molecular complexity index is 971. The van der Waals surface area contributed by atoms with Crippen LogP contribution in [0.15, 0.2) is 70.4 Å². The van der Waals surface area contributed by atoms with Crippen LogP contribution in [0.25, 0.3) is 0 Å². The molecule has 3 N–H and O–H groups in total. The summed E-state index contributed by atoms with van der Waals surface area (Å²) in [5.41, 5.74) is 2.77. The number of nitrogens with zero attached hydrogens (tertiary/aromatic N) is 2. The van der Waals surface area contributed by atoms with E-state index in [1.807, 2.05) is 37.3 Å². The van der Waals surface area contributed by atoms with Crippen molar-refractivity contribution in [3.05, 3.63) is 83.0 Å². The summed E-state index contributed by atoms with van der Waals surface area (Å²) in [4.78, 5) is 20.8. The highest BCUT2D eigenvalue weighted by atomic mass is 35.5. The van der Waals surface area contributed by atoms with Crippen LogP contribution in [0.3, 0.4) is 0 Å². The number of halogens is 1. The predicted molar refractivity (Wildman–Crippen MR) is 119 cm³/mol. The molecule has 2 aromatic heterocycles. The van der Waals surface area contributed by atoms with Crippen LogP contribution < -0.4 is 16.0 Å². The van der Waals surface area contributed by atoms with Crippen LogP contribution in [0.2, 0.25) is 5.15 Å². The summed E-state index contributed by atoms with van der Waals surface area (Å²) < 4.78 is 5.12. The van der Waals surface area contributed by atoms with Gasteiger partial charge in [0.2, 0.25) is 0 Å². The third kappa shape index (κ3) is 6.63. The average molecular weight is 426 g/mol. The van der Waals surface area contributed by atoms with Crippen molar-refractivity contribution in [1.82, 2.24) is 15.6 Å². The van der Waals surface area contributed by atoms with Crippen molar-refractivity contribution in [3.63, 3.8) is 0 Å². The largest absolute Gasteiger partial charge is 0.459 e. The standard InChI is InChI=1S/C22H24ClN5O2/c1-2-24-22(25-11-10-16-8-9-20(23)26-14-16)27-15-17-5-3-6-18(13-17)28-21(29)19-7-4-12-30-19/h3-9,12-14H,2,10-11,15H2,1H3,(H,28,29)(H2,24,25,27). The lowest BCUT2D eigenvalue weighted by atomic mass is 10.2. The molecule has 0 aliphatic carbocycles. The molecule has 0 saturated carbocycles. The molecule has 0 bridgehead atoms. The normalized spacial score (nSPS) is 11.2. The predicted octanol–water partition coefficient (Wildman–Crippen LogP) is 3.88. The topological polar surface area (TPSA) is 91.5 Å². The molecule has 0 atom stereocenters. The Balaban J connectivity index is 1.55. The number of aromatic nitrogens is 1. The Hall–Kier alpha value is -3.32. The van der Waals surface area contributed by atoms with E-state index >= 15 is 0 Å². The molecule has 0 fully saturated rings. The maximum atomic E-state index is 12.1. The molecule has 0 radical (unpaired) electrons. The molecule has 0 saturated heterocycles. The van der Waals surface area contributed by atoms with Crippen molar-refractivity contribution < 1.29 is 9.21 Å². The second kappa shape index (κ2) is 11.0. The van der Waals surface area contributed by atoms with Gasteiger partial charge in [0.15, 0.2) is 11.7 Å². The second-order valence-corrected chi connectivity index (χ2v) is 6.88. The molecule has 0 aliphatic rings. The smallest absolute Gasteiger partial charge is 0.291 e. The first-order valence-electron chi connectivity index (χ1n) is 9.70. The van der Waals surface area contributed by atoms with E-state index in [0.29, 0.717) is 23.9 Å². The SMILES string of the molecule is CCNC(=NCc1cccc(NC(=O)c2ccco2)c1)NCCc1ccc(Cl)nc1. The van der Waals surface area contributed by atoms with Gasteiger partial charge in [0.05, 0.1) is 12.8 Å². The molecule has 8 heteroatoms. The number of hydrogen-bond donors (Lipinski definition) is 3. The first-order valence-corrected chi connectivity index (χ1v) is 10.1. The number of amides is 1. The molecule has 3 aromatic rings. The van der Waals surface area contributed by atoms with E-state index in [-0.39, 0.29) is 11.7 Å². The molecule has 0 aliphatic heterocycles. The first kappa shape index (κ1) is 21.4. The van der Waals surface area contributed by atoms with Gasteiger partial charge in [-0.2, -0.15) is 0 Å². The summed E-state index contributed by atoms with van der Waals surface area (Å²) >= 11 is 5.82. The van der Waals surface area contributed by atoms with Crippen molar-refractivity contribution in [2.24, 2.45) is 4.99 Å². The summed E-state index contributed by atoms with van der Waals surface area (Å²) in [5.74, 6) is 0.713. The van der Waals surface area contributed by atoms with E-state index in [4.69, 9.17) is 16.0 Å². The van der Waals surface area contributed by atoms with Gasteiger partial charge in [-0.05, 0) is 54.8 Å². The van der Waals surface area contributed by atoms with Crippen LogP contribution in [-0.2, 0) is 13.0 Å². The number of rotatable bonds is 8. The highest BCUT2D eigenvalue weighted by Crippen LogP contribution is 2.13. The van der Waals surface area contributed by atoms with Crippen molar-refractivity contribution in [3.8, 4) is 0 Å². The zero-order valence-electron chi connectivity index (χ0n) is 16.7. The fourth-order valence-corrected chi connectivity index (χ4v) is 2.85. The van der Waals surface area contributed by atoms with Gasteiger partial charge < -0.3 is 20.4 Å². The van der Waals surface area contributed by atoms with Gasteiger partial charge in [-0.1, -0.05) is 29.8 Å². The Morgan fingerprint density at radius 3 is 2.77 bits per heavy atom. The number of furan rings is 1. The van der Waals surface area contributed by atoms with Gasteiger partial charge >= 0.3 is 0 Å². The van der Waals surface area contributed by atoms with Crippen LogP contribution in [0, 0.1) is 0 Å². The fourth-order valence-electron chi connectivity index (χ4n) is 2.74. The number of hydrogen-bond acceptors (Lipinski definition) is 4. The van der Waals surface area contributed by atoms with E-state index in [1.165, 1.54) is 6.26 Å². The third-order valence-corrected chi connectivity index (χ3v) is 4.41. The zero-order chi connectivity index (χ0) is 21.2. The monoisotopic (exact) mass is 425 g/mol. The molecular weight excluding hydrogens is 402 g/mol. The van der Waals surface area contributed by atoms with Gasteiger partial charge in [-0.3, -0.25) is 4.79 Å². The van der Waals surface area contributed by atoms with Crippen molar-refractivity contribution in [2.75, 3.05) is 18.4 Å². The number of benzene rings is 1. The van der Waals surface area contributed by atoms with Crippen LogP contribution in [-0.4, -0.2) is 29.9 Å². The highest BCUT2D eigenvalue weighted by molar-refractivity contribution is 6.29. The first-order chi connectivity index (χ1) is 14.6. The summed E-state index contributed by atoms with van der Waals surface area (Å²) in [5, 5.41) is 9.87. The minimum Gasteiger partial charge on any atom is -0.459 e. The maximum Gasteiger partial charge on any atom is 0.291 e. The molecule has 156 valence electrons. The van der Waals surface area contributed by atoms with Crippen LogP contribution >= 0.6 is 11.6 Å². The minimum absolute atomic E-state index is 0.271. The number of pyridine rings is 1. The van der Waals surface area contributed by atoms with E-state index in [1.54, 1.807) is 24.4 Å². The van der Waals surface area contributed by atoms with Crippen molar-refractivity contribution in [1.29, 1.82) is 0 Å². The van der Waals surface area contributed by atoms with Gasteiger partial charge in [-0.15, -0.1) is 0 Å². The highest BCUT2D eigenvalue weighted by Gasteiger charge is 2.08. The second-order valence-electron chi connectivity index (χ2n) is 6.49. The minimum atomic E-state index is -0.285. The Labute approximate surface area is 180 Å². The fraction of sp³-hybridized carbons (Fsp3) is 0.227. The molecule has 2 heterocycles. The summed E-state index contributed by atoms with van der Waals surface area (Å²) in [7, 11) is 0. The molecule has 1 aromatic carbocycles. The lowest BCUT2D eigenvalue weighted by Gasteiger charge is -2.11. The van der Waals surface area contributed by atoms with Crippen molar-refractivity contribution >= 4 is 29.2 Å². The maximum absolute atomic E-state index is 12.1. The summed E-state index contributed by atoms with van der Waals surface area (Å²) in [6, 6.07) is 14.6. The molecule has 0 unspecified atom stereocenters. The van der Waals surface area contributed by atoms with E-state index in [2.05, 4.69) is 25.9 Å². The number of carbonyl (C=O) groups excluding carboxylic acids is 1. The number of aliphatic imine (C=N–C) groups is 1. The number of guanidine groups is 1. The van der Waals surface area contributed by atoms with Gasteiger partial charge in [0.1, 0.15) is 5.15 Å². The number of anilines is 1. The summed E-state index contributed by atoms with van der Waals surface area (Å²) in [6.45, 7) is 3.97. The molecule has 1 amide bonds. The third-order valence-electron chi connectivity index (χ3n) is 4.19. The molecule has 3 rings (SSSR count). The molecule has 30 heavy (non-hydrogen) atoms. The Kier molecular flexibility index (Phi) is 7.86. The summed E-state index contributed by atoms with van der Waals surface area (Å²) in [6.07, 6.45) is 4.05. The Morgan fingerprint density at radius 1 is 1.13 bits per heavy atom. The lowest BCUT2D eigenvalue weighted by molar-refractivity contribution is 0.0996. The lowest BCUT2D eigenvalue weighted by Crippen LogP contribution is -2.38. The molecular formula is C22H24ClN5O2. The number of carbonyl (C=O) groups is 1. The van der Waals surface area contributed by atoms with Gasteiger partial charge in [0, 0.05) is 25.0 Å². The van der Waals surface area contributed by atoms with E-state index < -0.39 is 0 Å². The van der Waals surface area contributed by atoms with Gasteiger partial charge in [-0.25, -0.2) is 9.98 Å². The van der Waals surface area contributed by atoms with Crippen LogP contribution in [0.4, 0.5) is 5.69 Å². The average Bonchev–Trinajstić information content (AvgIpc) is 3.29. The van der Waals surface area contributed by atoms with Crippen molar-refractivity contribution in [2.45, 2.75) is 19.9 Å². The van der Waals surface area contributed by atoms with E-state index in [9.17, 15) is 4.79 Å². The molecule has 0 spiro atoms. The van der Waals surface area contributed by atoms with E-state index in [0.717, 1.165) is 30.1 Å². The number of nitrogens with one attached hydrogen (secondary N) is 3. The van der Waals surface area contributed by atoms with Crippen LogP contribution in [0.1, 0.15) is 28.6 Å². The van der Waals surface area contributed by atoms with Crippen LogP contribution in [0.5, 0.6) is 0 Å².